The predicted octanol–water partition coefficient (Wildman–Crippen LogP) is 19.1. The van der Waals surface area contributed by atoms with Gasteiger partial charge in [0.15, 0.2) is 6.10 Å². The fourth-order valence-electron chi connectivity index (χ4n) is 7.58. The van der Waals surface area contributed by atoms with Gasteiger partial charge in [-0.1, -0.05) is 239 Å². The molecule has 0 aromatic heterocycles. The molecule has 69 heavy (non-hydrogen) atoms. The van der Waals surface area contributed by atoms with E-state index in [0.29, 0.717) is 19.3 Å². The van der Waals surface area contributed by atoms with Crippen LogP contribution in [0.25, 0.3) is 0 Å². The van der Waals surface area contributed by atoms with Gasteiger partial charge in [-0.15, -0.1) is 0 Å². The van der Waals surface area contributed by atoms with Crippen molar-refractivity contribution in [1.29, 1.82) is 0 Å². The number of allylic oxidation sites excluding steroid dienone is 18. The molecule has 0 rings (SSSR count). The molecule has 392 valence electrons. The average molecular weight is 958 g/mol. The highest BCUT2D eigenvalue weighted by molar-refractivity contribution is 5.71. The SMILES string of the molecule is CC/C=C\C/C=C\C/C=C\C/C=C\C/C=C\CCCCCCCC(=O)OCC(COC(=O)CCCCCCCCCCCCCCCCC)OC(=O)CCCC/C=C\C/C=C\C/C=C\C/C=C\CC. The molecule has 0 spiro atoms. The molecule has 0 heterocycles. The summed E-state index contributed by atoms with van der Waals surface area (Å²) in [7, 11) is 0. The third-order valence-electron chi connectivity index (χ3n) is 11.8. The van der Waals surface area contributed by atoms with Crippen LogP contribution in [0.2, 0.25) is 0 Å². The van der Waals surface area contributed by atoms with Crippen LogP contribution in [0, 0.1) is 0 Å². The molecule has 0 amide bonds. The van der Waals surface area contributed by atoms with E-state index in [1.807, 2.05) is 0 Å². The van der Waals surface area contributed by atoms with E-state index in [9.17, 15) is 14.4 Å². The van der Waals surface area contributed by atoms with E-state index < -0.39 is 6.10 Å². The highest BCUT2D eigenvalue weighted by Gasteiger charge is 2.19. The van der Waals surface area contributed by atoms with Crippen LogP contribution in [-0.4, -0.2) is 37.2 Å². The van der Waals surface area contributed by atoms with Crippen LogP contribution in [0.4, 0.5) is 0 Å². The molecule has 0 aromatic rings. The maximum absolute atomic E-state index is 12.8. The number of rotatable bonds is 50. The first-order valence-corrected chi connectivity index (χ1v) is 28.4. The summed E-state index contributed by atoms with van der Waals surface area (Å²) >= 11 is 0. The molecular weight excluding hydrogens is 853 g/mol. The van der Waals surface area contributed by atoms with Crippen molar-refractivity contribution < 1.29 is 28.6 Å². The first kappa shape index (κ1) is 65.1. The Morgan fingerprint density at radius 2 is 0.565 bits per heavy atom. The van der Waals surface area contributed by atoms with Gasteiger partial charge in [0.2, 0.25) is 0 Å². The zero-order valence-electron chi connectivity index (χ0n) is 44.8. The van der Waals surface area contributed by atoms with Crippen molar-refractivity contribution in [2.75, 3.05) is 13.2 Å². The lowest BCUT2D eigenvalue weighted by Gasteiger charge is -2.18. The smallest absolute Gasteiger partial charge is 0.306 e. The van der Waals surface area contributed by atoms with Gasteiger partial charge >= 0.3 is 17.9 Å². The van der Waals surface area contributed by atoms with E-state index in [4.69, 9.17) is 14.2 Å². The second-order valence-corrected chi connectivity index (χ2v) is 18.4. The van der Waals surface area contributed by atoms with E-state index in [1.165, 1.54) is 77.0 Å². The van der Waals surface area contributed by atoms with Gasteiger partial charge in [0.1, 0.15) is 13.2 Å². The number of hydrogen-bond acceptors (Lipinski definition) is 6. The molecule has 0 saturated carbocycles. The topological polar surface area (TPSA) is 78.9 Å². The molecule has 6 nitrogen and oxygen atoms in total. The maximum Gasteiger partial charge on any atom is 0.306 e. The lowest BCUT2D eigenvalue weighted by Crippen LogP contribution is -2.30. The molecule has 0 aliphatic heterocycles. The van der Waals surface area contributed by atoms with Crippen LogP contribution in [0.1, 0.15) is 252 Å². The Bertz CT molecular complexity index is 1420. The van der Waals surface area contributed by atoms with Crippen molar-refractivity contribution in [1.82, 2.24) is 0 Å². The van der Waals surface area contributed by atoms with Crippen LogP contribution in [-0.2, 0) is 28.6 Å². The fraction of sp³-hybridized carbons (Fsp3) is 0.667. The van der Waals surface area contributed by atoms with E-state index in [2.05, 4.69) is 130 Å². The summed E-state index contributed by atoms with van der Waals surface area (Å²) in [6.07, 6.45) is 76.5. The van der Waals surface area contributed by atoms with Crippen molar-refractivity contribution >= 4 is 17.9 Å². The van der Waals surface area contributed by atoms with Crippen molar-refractivity contribution in [3.63, 3.8) is 0 Å². The minimum atomic E-state index is -0.809. The van der Waals surface area contributed by atoms with Crippen molar-refractivity contribution in [2.45, 2.75) is 258 Å². The quantitative estimate of drug-likeness (QED) is 0.0262. The molecule has 0 bridgehead atoms. The van der Waals surface area contributed by atoms with Crippen LogP contribution in [0.15, 0.2) is 109 Å². The fourth-order valence-corrected chi connectivity index (χ4v) is 7.58. The monoisotopic (exact) mass is 957 g/mol. The first-order valence-electron chi connectivity index (χ1n) is 28.4. The van der Waals surface area contributed by atoms with Crippen LogP contribution in [0.3, 0.4) is 0 Å². The zero-order chi connectivity index (χ0) is 50.0. The van der Waals surface area contributed by atoms with Gasteiger partial charge in [0.05, 0.1) is 0 Å². The molecule has 6 heteroatoms. The largest absolute Gasteiger partial charge is 0.462 e. The van der Waals surface area contributed by atoms with E-state index in [0.717, 1.165) is 128 Å². The molecule has 0 aliphatic carbocycles. The summed E-state index contributed by atoms with van der Waals surface area (Å²) in [5, 5.41) is 0. The van der Waals surface area contributed by atoms with Crippen LogP contribution < -0.4 is 0 Å². The summed E-state index contributed by atoms with van der Waals surface area (Å²) in [6.45, 7) is 6.37. The second kappa shape index (κ2) is 56.7. The highest BCUT2D eigenvalue weighted by atomic mass is 16.6. The van der Waals surface area contributed by atoms with Crippen molar-refractivity contribution in [3.8, 4) is 0 Å². The van der Waals surface area contributed by atoms with Crippen LogP contribution >= 0.6 is 0 Å². The van der Waals surface area contributed by atoms with E-state index in [1.54, 1.807) is 0 Å². The molecule has 0 fully saturated rings. The Kier molecular flexibility index (Phi) is 53.4. The number of unbranched alkanes of at least 4 members (excludes halogenated alkanes) is 21. The second-order valence-electron chi connectivity index (χ2n) is 18.4. The van der Waals surface area contributed by atoms with Crippen molar-refractivity contribution in [2.24, 2.45) is 0 Å². The molecular formula is C63H104O6. The Labute approximate surface area is 425 Å². The normalized spacial score (nSPS) is 12.9. The molecule has 0 N–H and O–H groups in total. The van der Waals surface area contributed by atoms with Gasteiger partial charge in [-0.05, 0) is 103 Å². The number of ether oxygens (including phenoxy) is 3. The molecule has 1 atom stereocenters. The van der Waals surface area contributed by atoms with Gasteiger partial charge in [0.25, 0.3) is 0 Å². The van der Waals surface area contributed by atoms with Gasteiger partial charge < -0.3 is 14.2 Å². The van der Waals surface area contributed by atoms with E-state index >= 15 is 0 Å². The summed E-state index contributed by atoms with van der Waals surface area (Å²) in [5.74, 6) is -0.961. The number of esters is 3. The Morgan fingerprint density at radius 1 is 0.304 bits per heavy atom. The molecule has 0 saturated heterocycles. The number of carbonyl (C=O) groups is 3. The predicted molar refractivity (Wildman–Crippen MR) is 297 cm³/mol. The Morgan fingerprint density at radius 3 is 0.913 bits per heavy atom. The van der Waals surface area contributed by atoms with Gasteiger partial charge in [-0.3, -0.25) is 14.4 Å². The maximum atomic E-state index is 12.8. The van der Waals surface area contributed by atoms with Crippen molar-refractivity contribution in [3.05, 3.63) is 109 Å². The molecule has 0 aromatic carbocycles. The summed E-state index contributed by atoms with van der Waals surface area (Å²) in [5.41, 5.74) is 0. The van der Waals surface area contributed by atoms with Gasteiger partial charge in [-0.25, -0.2) is 0 Å². The third-order valence-corrected chi connectivity index (χ3v) is 11.8. The van der Waals surface area contributed by atoms with Gasteiger partial charge in [-0.2, -0.15) is 0 Å². The van der Waals surface area contributed by atoms with E-state index in [-0.39, 0.29) is 37.5 Å². The molecule has 0 radical (unpaired) electrons. The minimum absolute atomic E-state index is 0.101. The summed E-state index contributed by atoms with van der Waals surface area (Å²) in [6, 6.07) is 0. The summed E-state index contributed by atoms with van der Waals surface area (Å²) < 4.78 is 16.8. The lowest BCUT2D eigenvalue weighted by molar-refractivity contribution is -0.167. The third kappa shape index (κ3) is 54.9. The van der Waals surface area contributed by atoms with Gasteiger partial charge in [0, 0.05) is 19.3 Å². The standard InChI is InChI=1S/C63H104O6/c1-4-7-10-13-16-19-22-25-28-29-30-31-32-33-36-38-41-44-47-50-53-56-62(65)68-59-60(69-63(66)57-54-51-48-45-42-39-35-27-24-21-18-15-12-9-6-3)58-67-61(64)55-52-49-46-43-40-37-34-26-23-20-17-14-11-8-5-2/h7,9-10,12,16,18-19,21,25,27-28,30-31,33,35-36,42,45,60H,4-6,8,11,13-15,17,20,22-24,26,29,32,34,37-41,43-44,46-59H2,1-3H3/b10-7-,12-9-,19-16-,21-18-,28-25-,31-30-,35-27-,36-33-,45-42-. The Balaban J connectivity index is 4.47. The summed E-state index contributed by atoms with van der Waals surface area (Å²) in [4.78, 5) is 38.1. The first-order chi connectivity index (χ1) is 34.0. The van der Waals surface area contributed by atoms with Crippen LogP contribution in [0.5, 0.6) is 0 Å². The Hall–Kier alpha value is -3.93. The minimum Gasteiger partial charge on any atom is -0.462 e. The number of hydrogen-bond donors (Lipinski definition) is 0. The lowest BCUT2D eigenvalue weighted by atomic mass is 10.0. The average Bonchev–Trinajstić information content (AvgIpc) is 3.35. The highest BCUT2D eigenvalue weighted by Crippen LogP contribution is 2.15. The zero-order valence-corrected chi connectivity index (χ0v) is 44.8. The molecule has 1 unspecified atom stereocenters. The number of carbonyl (C=O) groups excluding carboxylic acids is 3. The molecule has 0 aliphatic rings.